The number of aryl methyl sites for hydroxylation is 1. The lowest BCUT2D eigenvalue weighted by Gasteiger charge is -2.28. The quantitative estimate of drug-likeness (QED) is 0.172. The molecule has 1 aromatic heterocycles. The third-order valence-corrected chi connectivity index (χ3v) is 8.65. The second-order valence-electron chi connectivity index (χ2n) is 13.2. The van der Waals surface area contributed by atoms with Gasteiger partial charge < -0.3 is 14.9 Å². The van der Waals surface area contributed by atoms with Gasteiger partial charge in [0.2, 0.25) is 0 Å². The molecule has 0 spiro atoms. The maximum absolute atomic E-state index is 13.3. The lowest BCUT2D eigenvalue weighted by molar-refractivity contribution is -0.134. The summed E-state index contributed by atoms with van der Waals surface area (Å²) in [5.41, 5.74) is 3.55. The number of nitrogens with zero attached hydrogens (tertiary/aromatic N) is 1. The summed E-state index contributed by atoms with van der Waals surface area (Å²) in [4.78, 5) is 31.1. The SMILES string of the molecule is CC(C)(C)c1cc(CCC(=O)Oc2cccc3ccc(C4C(=O)c5cc(Cl)c(Cl)cc5C4O)nc23)cc(C(C)(C)C)c1O. The second kappa shape index (κ2) is 11.2. The number of phenols is 1. The molecule has 0 amide bonds. The number of aliphatic hydroxyl groups is 1. The Hall–Kier alpha value is -3.45. The maximum Gasteiger partial charge on any atom is 0.311 e. The number of aromatic hydroxyl groups is 1. The van der Waals surface area contributed by atoms with Gasteiger partial charge in [-0.25, -0.2) is 4.98 Å². The van der Waals surface area contributed by atoms with E-state index in [-0.39, 0.29) is 38.8 Å². The van der Waals surface area contributed by atoms with Crippen molar-refractivity contribution < 1.29 is 24.5 Å². The molecular formula is C35H35Cl2NO5. The van der Waals surface area contributed by atoms with Crippen LogP contribution in [0.5, 0.6) is 11.5 Å². The Labute approximate surface area is 261 Å². The van der Waals surface area contributed by atoms with Gasteiger partial charge >= 0.3 is 5.97 Å². The fourth-order valence-corrected chi connectivity index (χ4v) is 5.94. The van der Waals surface area contributed by atoms with E-state index in [1.54, 1.807) is 24.3 Å². The standard InChI is InChI=1S/C35H35Cl2NO5/c1-34(2,3)22-14-18(15-23(33(22)42)35(4,5)6)10-13-28(39)43-27-9-7-8-19-11-12-26(38-30(19)27)29-31(40)20-16-24(36)25(37)17-21(20)32(29)41/h7-9,11-12,14-17,29,31,40,42H,10,13H2,1-6H3. The van der Waals surface area contributed by atoms with Gasteiger partial charge in [-0.2, -0.15) is 0 Å². The number of hydrogen-bond acceptors (Lipinski definition) is 6. The largest absolute Gasteiger partial charge is 0.507 e. The second-order valence-corrected chi connectivity index (χ2v) is 14.0. The molecule has 0 aliphatic heterocycles. The van der Waals surface area contributed by atoms with E-state index >= 15 is 0 Å². The first-order valence-corrected chi connectivity index (χ1v) is 15.0. The summed E-state index contributed by atoms with van der Waals surface area (Å²) in [5, 5.41) is 23.3. The topological polar surface area (TPSA) is 96.7 Å². The van der Waals surface area contributed by atoms with Crippen molar-refractivity contribution in [3.8, 4) is 11.5 Å². The fraction of sp³-hybridized carbons (Fsp3) is 0.343. The van der Waals surface area contributed by atoms with Gasteiger partial charge in [-0.15, -0.1) is 0 Å². The summed E-state index contributed by atoms with van der Waals surface area (Å²) in [6.07, 6.45) is -0.593. The first-order chi connectivity index (χ1) is 20.1. The Kier molecular flexibility index (Phi) is 8.10. The smallest absolute Gasteiger partial charge is 0.311 e. The number of rotatable bonds is 5. The third-order valence-electron chi connectivity index (χ3n) is 7.93. The van der Waals surface area contributed by atoms with Crippen LogP contribution >= 0.6 is 23.2 Å². The van der Waals surface area contributed by atoms with E-state index in [0.29, 0.717) is 34.5 Å². The summed E-state index contributed by atoms with van der Waals surface area (Å²) in [6.45, 7) is 12.3. The minimum Gasteiger partial charge on any atom is -0.507 e. The number of aliphatic hydroxyl groups excluding tert-OH is 1. The minimum absolute atomic E-state index is 0.116. The molecule has 1 heterocycles. The molecule has 0 saturated heterocycles. The molecule has 224 valence electrons. The number of pyridine rings is 1. The number of carbonyl (C=O) groups is 2. The summed E-state index contributed by atoms with van der Waals surface area (Å²) in [7, 11) is 0. The molecule has 8 heteroatoms. The molecule has 4 aromatic rings. The van der Waals surface area contributed by atoms with Crippen molar-refractivity contribution in [1.82, 2.24) is 4.98 Å². The molecule has 0 fully saturated rings. The van der Waals surface area contributed by atoms with Crippen LogP contribution in [0, 0.1) is 0 Å². The normalized spacial score (nSPS) is 16.9. The highest BCUT2D eigenvalue weighted by atomic mass is 35.5. The summed E-state index contributed by atoms with van der Waals surface area (Å²) in [5.74, 6) is -1.12. The van der Waals surface area contributed by atoms with E-state index in [1.165, 1.54) is 12.1 Å². The number of ether oxygens (including phenoxy) is 1. The van der Waals surface area contributed by atoms with E-state index in [1.807, 2.05) is 18.2 Å². The number of ketones is 1. The predicted octanol–water partition coefficient (Wildman–Crippen LogP) is 8.39. The van der Waals surface area contributed by atoms with Crippen LogP contribution in [-0.2, 0) is 22.0 Å². The molecule has 2 atom stereocenters. The van der Waals surface area contributed by atoms with Crippen molar-refractivity contribution in [2.45, 2.75) is 77.2 Å². The first-order valence-electron chi connectivity index (χ1n) is 14.2. The Morgan fingerprint density at radius 3 is 2.19 bits per heavy atom. The number of hydrogen-bond donors (Lipinski definition) is 2. The van der Waals surface area contributed by atoms with Gasteiger partial charge in [0, 0.05) is 17.4 Å². The van der Waals surface area contributed by atoms with Crippen LogP contribution in [0.1, 0.15) is 98.3 Å². The summed E-state index contributed by atoms with van der Waals surface area (Å²) >= 11 is 12.3. The van der Waals surface area contributed by atoms with Crippen LogP contribution < -0.4 is 4.74 Å². The minimum atomic E-state index is -1.14. The van der Waals surface area contributed by atoms with Gasteiger partial charge in [-0.05, 0) is 63.8 Å². The number of fused-ring (bicyclic) bond motifs is 2. The molecule has 5 rings (SSSR count). The predicted molar refractivity (Wildman–Crippen MR) is 170 cm³/mol. The monoisotopic (exact) mass is 619 g/mol. The number of phenolic OH excluding ortho intramolecular Hbond substituents is 1. The van der Waals surface area contributed by atoms with E-state index in [2.05, 4.69) is 41.5 Å². The van der Waals surface area contributed by atoms with Gasteiger partial charge in [0.15, 0.2) is 11.5 Å². The van der Waals surface area contributed by atoms with Crippen LogP contribution in [0.15, 0.2) is 54.6 Å². The average molecular weight is 621 g/mol. The highest BCUT2D eigenvalue weighted by molar-refractivity contribution is 6.42. The number of aromatic nitrogens is 1. The highest BCUT2D eigenvalue weighted by Gasteiger charge is 2.41. The molecule has 0 saturated carbocycles. The number of esters is 1. The fourth-order valence-electron chi connectivity index (χ4n) is 5.60. The third kappa shape index (κ3) is 6.01. The summed E-state index contributed by atoms with van der Waals surface area (Å²) < 4.78 is 5.80. The van der Waals surface area contributed by atoms with Gasteiger partial charge in [0.25, 0.3) is 0 Å². The van der Waals surface area contributed by atoms with Crippen molar-refractivity contribution in [3.05, 3.63) is 98.2 Å². The van der Waals surface area contributed by atoms with Gasteiger partial charge in [-0.3, -0.25) is 9.59 Å². The van der Waals surface area contributed by atoms with E-state index in [0.717, 1.165) is 22.1 Å². The number of halogens is 2. The van der Waals surface area contributed by atoms with E-state index in [9.17, 15) is 19.8 Å². The van der Waals surface area contributed by atoms with Gasteiger partial charge in [0.1, 0.15) is 11.3 Å². The van der Waals surface area contributed by atoms with Gasteiger partial charge in [-0.1, -0.05) is 95.1 Å². The van der Waals surface area contributed by atoms with Gasteiger partial charge in [0.05, 0.1) is 27.8 Å². The number of carbonyl (C=O) groups excluding carboxylic acids is 2. The molecular weight excluding hydrogens is 585 g/mol. The lowest BCUT2D eigenvalue weighted by Crippen LogP contribution is -2.18. The molecule has 1 aliphatic carbocycles. The van der Waals surface area contributed by atoms with E-state index < -0.39 is 18.0 Å². The van der Waals surface area contributed by atoms with E-state index in [4.69, 9.17) is 32.9 Å². The summed E-state index contributed by atoms with van der Waals surface area (Å²) in [6, 6.07) is 15.7. The molecule has 6 nitrogen and oxygen atoms in total. The average Bonchev–Trinajstić information content (AvgIpc) is 3.15. The van der Waals surface area contributed by atoms with Crippen LogP contribution in [0.3, 0.4) is 0 Å². The Bertz CT molecular complexity index is 1730. The van der Waals surface area contributed by atoms with Crippen LogP contribution in [0.2, 0.25) is 10.0 Å². The molecule has 43 heavy (non-hydrogen) atoms. The zero-order valence-electron chi connectivity index (χ0n) is 25.1. The van der Waals surface area contributed by atoms with Crippen LogP contribution in [0.4, 0.5) is 0 Å². The Morgan fingerprint density at radius 1 is 0.930 bits per heavy atom. The molecule has 1 aliphatic rings. The zero-order chi connectivity index (χ0) is 31.4. The van der Waals surface area contributed by atoms with Crippen LogP contribution in [0.25, 0.3) is 10.9 Å². The van der Waals surface area contributed by atoms with Crippen molar-refractivity contribution in [2.24, 2.45) is 0 Å². The maximum atomic E-state index is 13.3. The van der Waals surface area contributed by atoms with Crippen molar-refractivity contribution in [1.29, 1.82) is 0 Å². The molecule has 0 bridgehead atoms. The number of benzene rings is 3. The first kappa shape index (κ1) is 31.0. The van der Waals surface area contributed by atoms with Crippen molar-refractivity contribution in [3.63, 3.8) is 0 Å². The number of para-hydroxylation sites is 1. The Balaban J connectivity index is 1.40. The zero-order valence-corrected chi connectivity index (χ0v) is 26.6. The number of Topliss-reactive ketones (excluding diaryl/α,β-unsaturated/α-hetero) is 1. The molecule has 0 radical (unpaired) electrons. The van der Waals surface area contributed by atoms with Crippen molar-refractivity contribution >= 4 is 45.9 Å². The Morgan fingerprint density at radius 2 is 1.56 bits per heavy atom. The molecule has 2 unspecified atom stereocenters. The molecule has 3 aromatic carbocycles. The lowest BCUT2D eigenvalue weighted by atomic mass is 9.78. The van der Waals surface area contributed by atoms with Crippen molar-refractivity contribution in [2.75, 3.05) is 0 Å². The molecule has 2 N–H and O–H groups in total. The van der Waals surface area contributed by atoms with Crippen LogP contribution in [-0.4, -0.2) is 26.9 Å². The highest BCUT2D eigenvalue weighted by Crippen LogP contribution is 2.45.